The number of nitrogens with one attached hydrogen (secondary N) is 1. The van der Waals surface area contributed by atoms with Crippen LogP contribution in [0.5, 0.6) is 0 Å². The second kappa shape index (κ2) is 6.74. The molecule has 0 radical (unpaired) electrons. The van der Waals surface area contributed by atoms with Crippen LogP contribution in [0.2, 0.25) is 0 Å². The quantitative estimate of drug-likeness (QED) is 0.868. The van der Waals surface area contributed by atoms with Crippen molar-refractivity contribution < 1.29 is 19.1 Å². The molecule has 1 aromatic carbocycles. The Bertz CT molecular complexity index is 728. The van der Waals surface area contributed by atoms with Crippen LogP contribution in [0.3, 0.4) is 0 Å². The first-order valence-electron chi connectivity index (χ1n) is 9.00. The van der Waals surface area contributed by atoms with E-state index in [1.807, 2.05) is 31.2 Å². The van der Waals surface area contributed by atoms with Crippen molar-refractivity contribution >= 4 is 17.5 Å². The molecule has 3 heterocycles. The monoisotopic (exact) mass is 357 g/mol. The summed E-state index contributed by atoms with van der Waals surface area (Å²) < 4.78 is 11.4. The van der Waals surface area contributed by atoms with Gasteiger partial charge >= 0.3 is 0 Å². The van der Waals surface area contributed by atoms with Gasteiger partial charge in [-0.25, -0.2) is 5.01 Å². The van der Waals surface area contributed by atoms with Crippen LogP contribution in [0.25, 0.3) is 0 Å². The van der Waals surface area contributed by atoms with Crippen LogP contribution in [0.1, 0.15) is 24.8 Å². The third-order valence-electron chi connectivity index (χ3n) is 5.11. The molecule has 0 atom stereocenters. The number of ether oxygens (including phenoxy) is 2. The number of nitrogens with zero attached hydrogens (tertiary/aromatic N) is 2. The average Bonchev–Trinajstić information content (AvgIpc) is 3.11. The Hall–Kier alpha value is -2.38. The molecule has 3 aliphatic rings. The lowest BCUT2D eigenvalue weighted by Crippen LogP contribution is -2.52. The zero-order chi connectivity index (χ0) is 18.1. The molecule has 2 fully saturated rings. The summed E-state index contributed by atoms with van der Waals surface area (Å²) in [6.07, 6.45) is 3.22. The smallest absolute Gasteiger partial charge is 0.271 e. The Balaban J connectivity index is 1.43. The first-order chi connectivity index (χ1) is 12.6. The summed E-state index contributed by atoms with van der Waals surface area (Å²) in [4.78, 5) is 26.9. The first kappa shape index (κ1) is 17.1. The summed E-state index contributed by atoms with van der Waals surface area (Å²) in [7, 11) is 0. The predicted molar refractivity (Wildman–Crippen MR) is 94.9 cm³/mol. The molecule has 4 rings (SSSR count). The fourth-order valence-electron chi connectivity index (χ4n) is 3.55. The number of anilines is 1. The van der Waals surface area contributed by atoms with Gasteiger partial charge in [0.25, 0.3) is 5.91 Å². The van der Waals surface area contributed by atoms with Crippen LogP contribution in [-0.2, 0) is 19.1 Å². The number of carbonyl (C=O) groups excluding carboxylic acids is 2. The minimum Gasteiger partial charge on any atom is -0.347 e. The Morgan fingerprint density at radius 2 is 1.77 bits per heavy atom. The molecule has 26 heavy (non-hydrogen) atoms. The van der Waals surface area contributed by atoms with Crippen LogP contribution in [-0.4, -0.2) is 48.8 Å². The van der Waals surface area contributed by atoms with Gasteiger partial charge in [-0.1, -0.05) is 17.7 Å². The highest BCUT2D eigenvalue weighted by Crippen LogP contribution is 2.31. The van der Waals surface area contributed by atoms with E-state index in [4.69, 9.17) is 9.47 Å². The van der Waals surface area contributed by atoms with Crippen LogP contribution in [0, 0.1) is 6.92 Å². The van der Waals surface area contributed by atoms with Gasteiger partial charge in [0.05, 0.1) is 18.9 Å². The van der Waals surface area contributed by atoms with Gasteiger partial charge in [-0.3, -0.25) is 15.0 Å². The van der Waals surface area contributed by atoms with Crippen molar-refractivity contribution in [3.63, 3.8) is 0 Å². The lowest BCUT2D eigenvalue weighted by molar-refractivity contribution is -0.186. The average molecular weight is 357 g/mol. The summed E-state index contributed by atoms with van der Waals surface area (Å²) in [5.41, 5.74) is 5.27. The van der Waals surface area contributed by atoms with Crippen molar-refractivity contribution in [3.8, 4) is 0 Å². The van der Waals surface area contributed by atoms with E-state index in [-0.39, 0.29) is 18.2 Å². The van der Waals surface area contributed by atoms with Crippen LogP contribution in [0.15, 0.2) is 36.0 Å². The number of benzene rings is 1. The number of hydrazine groups is 1. The van der Waals surface area contributed by atoms with Crippen molar-refractivity contribution in [2.45, 2.75) is 32.0 Å². The van der Waals surface area contributed by atoms with Crippen molar-refractivity contribution in [3.05, 3.63) is 41.6 Å². The lowest BCUT2D eigenvalue weighted by atomic mass is 10.0. The molecule has 1 spiro atoms. The molecule has 7 nitrogen and oxygen atoms in total. The highest BCUT2D eigenvalue weighted by Gasteiger charge is 2.41. The molecule has 0 aromatic heterocycles. The van der Waals surface area contributed by atoms with Gasteiger partial charge in [0.1, 0.15) is 5.70 Å². The third kappa shape index (κ3) is 3.20. The van der Waals surface area contributed by atoms with E-state index in [1.54, 1.807) is 11.0 Å². The standard InChI is InChI=1S/C19H23N3O4/c1-14-2-4-15(5-3-14)22-17(23)7-6-16(20-22)18(24)21-10-8-19(9-11-21)25-12-13-26-19/h2-6,20H,7-13H2,1H3. The number of amides is 2. The molecule has 2 amide bonds. The number of likely N-dealkylation sites (tertiary alicyclic amines) is 1. The molecule has 1 N–H and O–H groups in total. The maximum absolute atomic E-state index is 12.9. The van der Waals surface area contributed by atoms with Crippen molar-refractivity contribution in [1.82, 2.24) is 10.3 Å². The Labute approximate surface area is 152 Å². The number of piperidine rings is 1. The van der Waals surface area contributed by atoms with Gasteiger partial charge in [-0.2, -0.15) is 0 Å². The second-order valence-corrected chi connectivity index (χ2v) is 6.90. The summed E-state index contributed by atoms with van der Waals surface area (Å²) in [6.45, 7) is 4.39. The summed E-state index contributed by atoms with van der Waals surface area (Å²) >= 11 is 0. The van der Waals surface area contributed by atoms with E-state index in [2.05, 4.69) is 5.43 Å². The lowest BCUT2D eigenvalue weighted by Gasteiger charge is -2.38. The number of hydrogen-bond acceptors (Lipinski definition) is 5. The van der Waals surface area contributed by atoms with Crippen LogP contribution >= 0.6 is 0 Å². The molecule has 0 bridgehead atoms. The number of rotatable bonds is 2. The van der Waals surface area contributed by atoms with E-state index < -0.39 is 5.79 Å². The normalized spacial score (nSPS) is 22.3. The predicted octanol–water partition coefficient (Wildman–Crippen LogP) is 1.49. The highest BCUT2D eigenvalue weighted by molar-refractivity contribution is 6.01. The minimum absolute atomic E-state index is 0.0873. The van der Waals surface area contributed by atoms with E-state index in [1.165, 1.54) is 5.01 Å². The zero-order valence-electron chi connectivity index (χ0n) is 14.9. The maximum Gasteiger partial charge on any atom is 0.271 e. The molecule has 7 heteroatoms. The minimum atomic E-state index is -0.505. The molecule has 0 saturated carbocycles. The SMILES string of the molecule is Cc1ccc(N2NC(C(=O)N3CCC4(CC3)OCCO4)=CCC2=O)cc1. The highest BCUT2D eigenvalue weighted by atomic mass is 16.7. The van der Waals surface area contributed by atoms with E-state index in [0.717, 1.165) is 11.3 Å². The molecule has 0 aliphatic carbocycles. The van der Waals surface area contributed by atoms with Crippen LogP contribution in [0.4, 0.5) is 5.69 Å². The molecule has 138 valence electrons. The molecule has 2 saturated heterocycles. The van der Waals surface area contributed by atoms with Gasteiger partial charge in [0, 0.05) is 32.4 Å². The van der Waals surface area contributed by atoms with Gasteiger partial charge in [0.2, 0.25) is 5.91 Å². The Kier molecular flexibility index (Phi) is 4.42. The molecular formula is C19H23N3O4. The number of carbonyl (C=O) groups is 2. The molecule has 3 aliphatic heterocycles. The fourth-order valence-corrected chi connectivity index (χ4v) is 3.55. The number of hydrogen-bond donors (Lipinski definition) is 1. The van der Waals surface area contributed by atoms with E-state index in [0.29, 0.717) is 44.8 Å². The maximum atomic E-state index is 12.9. The van der Waals surface area contributed by atoms with Crippen molar-refractivity contribution in [2.24, 2.45) is 0 Å². The summed E-state index contributed by atoms with van der Waals surface area (Å²) in [6, 6.07) is 7.62. The molecule has 1 aromatic rings. The van der Waals surface area contributed by atoms with Gasteiger partial charge < -0.3 is 14.4 Å². The second-order valence-electron chi connectivity index (χ2n) is 6.90. The topological polar surface area (TPSA) is 71.1 Å². The van der Waals surface area contributed by atoms with Gasteiger partial charge in [-0.15, -0.1) is 0 Å². The zero-order valence-corrected chi connectivity index (χ0v) is 14.9. The largest absolute Gasteiger partial charge is 0.347 e. The first-order valence-corrected chi connectivity index (χ1v) is 9.00. The third-order valence-corrected chi connectivity index (χ3v) is 5.11. The van der Waals surface area contributed by atoms with Crippen LogP contribution < -0.4 is 10.4 Å². The van der Waals surface area contributed by atoms with E-state index >= 15 is 0 Å². The summed E-state index contributed by atoms with van der Waals surface area (Å²) in [5.74, 6) is -0.687. The Morgan fingerprint density at radius 1 is 1.12 bits per heavy atom. The van der Waals surface area contributed by atoms with Crippen molar-refractivity contribution in [2.75, 3.05) is 31.3 Å². The molecule has 0 unspecified atom stereocenters. The Morgan fingerprint density at radius 3 is 2.42 bits per heavy atom. The van der Waals surface area contributed by atoms with Crippen molar-refractivity contribution in [1.29, 1.82) is 0 Å². The number of aryl methyl sites for hydroxylation is 1. The fraction of sp³-hybridized carbons (Fsp3) is 0.474. The summed E-state index contributed by atoms with van der Waals surface area (Å²) in [5, 5.41) is 1.45. The van der Waals surface area contributed by atoms with E-state index in [9.17, 15) is 9.59 Å². The van der Waals surface area contributed by atoms with Gasteiger partial charge in [0.15, 0.2) is 5.79 Å². The molecular weight excluding hydrogens is 334 g/mol. The van der Waals surface area contributed by atoms with Gasteiger partial charge in [-0.05, 0) is 25.1 Å².